The van der Waals surface area contributed by atoms with Crippen molar-refractivity contribution in [3.05, 3.63) is 60.7 Å². The number of nitrogens with zero attached hydrogens (tertiary/aromatic N) is 5. The molecule has 3 aromatic heterocycles. The van der Waals surface area contributed by atoms with E-state index in [1.54, 1.807) is 55.4 Å². The molecule has 4 rings (SSSR count). The lowest BCUT2D eigenvalue weighted by molar-refractivity contribution is 0.601. The maximum atomic E-state index is 13.0. The van der Waals surface area contributed by atoms with Gasteiger partial charge < -0.3 is 0 Å². The summed E-state index contributed by atoms with van der Waals surface area (Å²) in [4.78, 5) is 12.7. The minimum Gasteiger partial charge on any atom is -0.275 e. The molecule has 0 bridgehead atoms. The fourth-order valence-corrected chi connectivity index (χ4v) is 4.21. The number of aromatic nitrogens is 5. The lowest BCUT2D eigenvalue weighted by Gasteiger charge is -2.12. The van der Waals surface area contributed by atoms with E-state index < -0.39 is 10.0 Å². The van der Waals surface area contributed by atoms with Crippen LogP contribution < -0.4 is 4.72 Å². The molecule has 4 aromatic rings. The molecule has 0 atom stereocenters. The molecule has 0 amide bonds. The number of fused-ring (bicyclic) bond motifs is 1. The van der Waals surface area contributed by atoms with E-state index >= 15 is 0 Å². The number of benzene rings is 1. The molecule has 0 aliphatic carbocycles. The number of rotatable bonds is 4. The van der Waals surface area contributed by atoms with Gasteiger partial charge in [-0.2, -0.15) is 5.10 Å². The smallest absolute Gasteiger partial charge is 0.266 e. The van der Waals surface area contributed by atoms with Crippen LogP contribution in [0.3, 0.4) is 0 Å². The first-order chi connectivity index (χ1) is 12.9. The van der Waals surface area contributed by atoms with Gasteiger partial charge in [-0.3, -0.25) is 9.67 Å². The highest BCUT2D eigenvalue weighted by atomic mass is 32.2. The van der Waals surface area contributed by atoms with E-state index in [-0.39, 0.29) is 10.8 Å². The quantitative estimate of drug-likeness (QED) is 0.584. The minimum absolute atomic E-state index is 0.0105. The van der Waals surface area contributed by atoms with Crippen molar-refractivity contribution in [2.75, 3.05) is 4.72 Å². The molecule has 0 unspecified atom stereocenters. The Bertz CT molecular complexity index is 1250. The van der Waals surface area contributed by atoms with Crippen LogP contribution in [0.25, 0.3) is 22.2 Å². The van der Waals surface area contributed by atoms with Crippen LogP contribution in [0.1, 0.15) is 5.56 Å². The van der Waals surface area contributed by atoms with Crippen molar-refractivity contribution < 1.29 is 8.42 Å². The Morgan fingerprint density at radius 2 is 1.93 bits per heavy atom. The van der Waals surface area contributed by atoms with Crippen molar-refractivity contribution in [3.63, 3.8) is 0 Å². The Labute approximate surface area is 156 Å². The van der Waals surface area contributed by atoms with Gasteiger partial charge in [0.15, 0.2) is 0 Å². The van der Waals surface area contributed by atoms with E-state index in [2.05, 4.69) is 24.8 Å². The van der Waals surface area contributed by atoms with Crippen LogP contribution in [0, 0.1) is 6.92 Å². The van der Waals surface area contributed by atoms with Gasteiger partial charge in [0.2, 0.25) is 5.95 Å². The second-order valence-corrected chi connectivity index (χ2v) is 7.68. The average molecular weight is 380 g/mol. The van der Waals surface area contributed by atoms with Gasteiger partial charge >= 0.3 is 0 Å². The Morgan fingerprint density at radius 3 is 2.70 bits per heavy atom. The molecule has 0 fully saturated rings. The van der Waals surface area contributed by atoms with E-state index in [9.17, 15) is 8.42 Å². The lowest BCUT2D eigenvalue weighted by atomic mass is 10.1. The van der Waals surface area contributed by atoms with Gasteiger partial charge in [-0.25, -0.2) is 23.1 Å². The summed E-state index contributed by atoms with van der Waals surface area (Å²) in [5.74, 6) is -0.0105. The lowest BCUT2D eigenvalue weighted by Crippen LogP contribution is -2.17. The molecule has 3 heterocycles. The van der Waals surface area contributed by atoms with Crippen molar-refractivity contribution in [3.8, 4) is 11.3 Å². The van der Waals surface area contributed by atoms with Crippen LogP contribution in [0.4, 0.5) is 5.95 Å². The van der Waals surface area contributed by atoms with Crippen molar-refractivity contribution in [2.24, 2.45) is 7.05 Å². The van der Waals surface area contributed by atoms with Crippen LogP contribution in [0.5, 0.6) is 0 Å². The molecule has 0 saturated heterocycles. The number of hydrogen-bond acceptors (Lipinski definition) is 6. The summed E-state index contributed by atoms with van der Waals surface area (Å²) >= 11 is 0. The third kappa shape index (κ3) is 3.24. The first-order valence-electron chi connectivity index (χ1n) is 8.13. The van der Waals surface area contributed by atoms with E-state index in [0.29, 0.717) is 16.8 Å². The topological polar surface area (TPSA) is 103 Å². The summed E-state index contributed by atoms with van der Waals surface area (Å²) in [6.45, 7) is 1.73. The molecule has 8 nitrogen and oxygen atoms in total. The van der Waals surface area contributed by atoms with Crippen LogP contribution in [-0.2, 0) is 17.1 Å². The van der Waals surface area contributed by atoms with Crippen molar-refractivity contribution >= 4 is 26.9 Å². The summed E-state index contributed by atoms with van der Waals surface area (Å²) in [5, 5.41) is 4.84. The zero-order valence-corrected chi connectivity index (χ0v) is 15.5. The van der Waals surface area contributed by atoms with E-state index in [0.717, 1.165) is 10.9 Å². The third-order valence-corrected chi connectivity index (χ3v) is 5.58. The van der Waals surface area contributed by atoms with Gasteiger partial charge in [0.1, 0.15) is 4.90 Å². The van der Waals surface area contributed by atoms with Crippen LogP contribution in [0.15, 0.2) is 60.0 Å². The molecular weight excluding hydrogens is 364 g/mol. The Morgan fingerprint density at radius 1 is 1.07 bits per heavy atom. The first kappa shape index (κ1) is 17.1. The van der Waals surface area contributed by atoms with Gasteiger partial charge in [-0.1, -0.05) is 18.2 Å². The van der Waals surface area contributed by atoms with E-state index in [1.807, 2.05) is 12.1 Å². The first-order valence-corrected chi connectivity index (χ1v) is 9.61. The second kappa shape index (κ2) is 6.44. The highest BCUT2D eigenvalue weighted by molar-refractivity contribution is 7.93. The van der Waals surface area contributed by atoms with Crippen LogP contribution in [-0.4, -0.2) is 33.2 Å². The predicted octanol–water partition coefficient (Wildman–Crippen LogP) is 2.53. The predicted molar refractivity (Wildman–Crippen MR) is 102 cm³/mol. The molecule has 0 aliphatic heterocycles. The van der Waals surface area contributed by atoms with Gasteiger partial charge in [-0.05, 0) is 24.6 Å². The van der Waals surface area contributed by atoms with E-state index in [1.165, 1.54) is 6.20 Å². The third-order valence-electron chi connectivity index (χ3n) is 4.08. The molecule has 27 heavy (non-hydrogen) atoms. The Kier molecular flexibility index (Phi) is 4.08. The van der Waals surface area contributed by atoms with Crippen LogP contribution >= 0.6 is 0 Å². The monoisotopic (exact) mass is 380 g/mol. The summed E-state index contributed by atoms with van der Waals surface area (Å²) in [7, 11) is -2.13. The molecule has 1 N–H and O–H groups in total. The maximum Gasteiger partial charge on any atom is 0.266 e. The van der Waals surface area contributed by atoms with Crippen molar-refractivity contribution in [1.82, 2.24) is 24.7 Å². The average Bonchev–Trinajstić information content (AvgIpc) is 3.07. The fraction of sp³-hybridized carbons (Fsp3) is 0.111. The molecule has 0 saturated carbocycles. The maximum absolute atomic E-state index is 13.0. The zero-order valence-electron chi connectivity index (χ0n) is 14.7. The largest absolute Gasteiger partial charge is 0.275 e. The summed E-state index contributed by atoms with van der Waals surface area (Å²) < 4.78 is 30.2. The Hall–Kier alpha value is -3.33. The molecule has 0 radical (unpaired) electrons. The molecule has 136 valence electrons. The van der Waals surface area contributed by atoms with Gasteiger partial charge in [0.05, 0.1) is 17.4 Å². The molecule has 1 aromatic carbocycles. The molecular formula is C18H16N6O2S. The molecule has 0 spiro atoms. The molecule has 0 aliphatic rings. The minimum atomic E-state index is -3.92. The fourth-order valence-electron chi connectivity index (χ4n) is 2.85. The Balaban J connectivity index is 1.76. The molecule has 9 heteroatoms. The summed E-state index contributed by atoms with van der Waals surface area (Å²) in [6.07, 6.45) is 6.51. The SMILES string of the molecule is Cc1ccc2cccnc2c1S(=O)(=O)Nc1nccc(-c2cnn(C)c2)n1. The van der Waals surface area contributed by atoms with Crippen molar-refractivity contribution in [2.45, 2.75) is 11.8 Å². The van der Waals surface area contributed by atoms with Gasteiger partial charge in [0, 0.05) is 36.6 Å². The second-order valence-electron chi connectivity index (χ2n) is 6.06. The highest BCUT2D eigenvalue weighted by Gasteiger charge is 2.22. The van der Waals surface area contributed by atoms with Gasteiger partial charge in [-0.15, -0.1) is 0 Å². The normalized spacial score (nSPS) is 11.6. The standard InChI is InChI=1S/C18H16N6O2S/c1-12-5-6-13-4-3-8-19-16(13)17(12)27(25,26)23-18-20-9-7-15(22-18)14-10-21-24(2)11-14/h3-11H,1-2H3,(H,20,22,23). The van der Waals surface area contributed by atoms with E-state index in [4.69, 9.17) is 0 Å². The van der Waals surface area contributed by atoms with Crippen molar-refractivity contribution in [1.29, 1.82) is 0 Å². The van der Waals surface area contributed by atoms with Crippen LogP contribution in [0.2, 0.25) is 0 Å². The zero-order chi connectivity index (χ0) is 19.0. The van der Waals surface area contributed by atoms with Gasteiger partial charge in [0.25, 0.3) is 10.0 Å². The highest BCUT2D eigenvalue weighted by Crippen LogP contribution is 2.26. The number of nitrogens with one attached hydrogen (secondary N) is 1. The number of sulfonamides is 1. The number of pyridine rings is 1. The number of anilines is 1. The summed E-state index contributed by atoms with van der Waals surface area (Å²) in [5.41, 5.74) is 2.34. The number of aryl methyl sites for hydroxylation is 2. The number of hydrogen-bond donors (Lipinski definition) is 1. The summed E-state index contributed by atoms with van der Waals surface area (Å²) in [6, 6.07) is 8.88.